The van der Waals surface area contributed by atoms with Crippen molar-refractivity contribution < 1.29 is 8.78 Å². The van der Waals surface area contributed by atoms with Crippen LogP contribution < -0.4 is 5.32 Å². The van der Waals surface area contributed by atoms with Crippen LogP contribution in [-0.4, -0.2) is 19.7 Å². The predicted octanol–water partition coefficient (Wildman–Crippen LogP) is 4.14. The number of hydrogen-bond donors (Lipinski definition) is 2. The first-order valence-electron chi connectivity index (χ1n) is 6.79. The molecule has 24 heavy (non-hydrogen) atoms. The number of aromatic amines is 1. The average molecular weight is 348 g/mol. The molecule has 0 radical (unpaired) electrons. The third-order valence-corrected chi connectivity index (χ3v) is 3.63. The molecule has 1 aromatic carbocycles. The van der Waals surface area contributed by atoms with Crippen molar-refractivity contribution in [3.8, 4) is 0 Å². The van der Waals surface area contributed by atoms with Crippen molar-refractivity contribution in [3.05, 3.63) is 78.0 Å². The molecule has 3 rings (SSSR count). The maximum atomic E-state index is 13.4. The molecule has 0 saturated carbocycles. The lowest BCUT2D eigenvalue weighted by Crippen LogP contribution is -2.00. The summed E-state index contributed by atoms with van der Waals surface area (Å²) in [5.41, 5.74) is 1.82. The van der Waals surface area contributed by atoms with Crippen molar-refractivity contribution in [2.45, 2.75) is 0 Å². The summed E-state index contributed by atoms with van der Waals surface area (Å²) in [6.45, 7) is 7.72. The molecule has 5 nitrogen and oxygen atoms in total. The van der Waals surface area contributed by atoms with Gasteiger partial charge in [0.2, 0.25) is 0 Å². The Balaban J connectivity index is 1.79. The van der Waals surface area contributed by atoms with Gasteiger partial charge >= 0.3 is 0 Å². The fourth-order valence-corrected chi connectivity index (χ4v) is 2.33. The normalized spacial score (nSPS) is 10.6. The van der Waals surface area contributed by atoms with E-state index < -0.39 is 11.6 Å². The third-order valence-electron chi connectivity index (χ3n) is 3.32. The molecule has 0 atom stereocenters. The highest BCUT2D eigenvalue weighted by Gasteiger charge is 2.13. The first kappa shape index (κ1) is 15.9. The van der Waals surface area contributed by atoms with Crippen LogP contribution >= 0.6 is 11.6 Å². The van der Waals surface area contributed by atoms with Gasteiger partial charge in [0, 0.05) is 29.7 Å². The first-order chi connectivity index (χ1) is 11.5. The molecular formula is C16H12ClF2N5. The number of aromatic nitrogens is 4. The quantitative estimate of drug-likeness (QED) is 0.682. The zero-order valence-corrected chi connectivity index (χ0v) is 13.1. The van der Waals surface area contributed by atoms with E-state index in [9.17, 15) is 8.78 Å². The minimum Gasteiger partial charge on any atom is -0.339 e. The molecule has 0 unspecified atom stereocenters. The minimum atomic E-state index is -1.02. The number of nitrogens with zero attached hydrogens (tertiary/aromatic N) is 3. The van der Waals surface area contributed by atoms with E-state index in [2.05, 4.69) is 33.7 Å². The Morgan fingerprint density at radius 2 is 1.96 bits per heavy atom. The van der Waals surface area contributed by atoms with Crippen molar-refractivity contribution in [1.82, 2.24) is 19.7 Å². The van der Waals surface area contributed by atoms with Gasteiger partial charge in [-0.05, 0) is 12.1 Å². The van der Waals surface area contributed by atoms with Gasteiger partial charge in [-0.1, -0.05) is 24.8 Å². The van der Waals surface area contributed by atoms with Gasteiger partial charge in [0.15, 0.2) is 17.5 Å². The molecule has 8 heteroatoms. The molecule has 122 valence electrons. The van der Waals surface area contributed by atoms with E-state index in [1.807, 2.05) is 0 Å². The van der Waals surface area contributed by atoms with Crippen molar-refractivity contribution in [2.75, 3.05) is 5.32 Å². The summed E-state index contributed by atoms with van der Waals surface area (Å²) in [5, 5.41) is 9.83. The van der Waals surface area contributed by atoms with Crippen LogP contribution in [0.3, 0.4) is 0 Å². The zero-order chi connectivity index (χ0) is 17.3. The van der Waals surface area contributed by atoms with Gasteiger partial charge in [-0.3, -0.25) is 5.10 Å². The van der Waals surface area contributed by atoms with Gasteiger partial charge < -0.3 is 9.88 Å². The fraction of sp³-hybridized carbons (Fsp3) is 0. The maximum Gasteiger partial charge on any atom is 0.160 e. The highest BCUT2D eigenvalue weighted by molar-refractivity contribution is 6.32. The van der Waals surface area contributed by atoms with Crippen LogP contribution in [0.15, 0.2) is 50.1 Å². The Bertz CT molecular complexity index is 915. The minimum absolute atomic E-state index is 0.0463. The highest BCUT2D eigenvalue weighted by Crippen LogP contribution is 2.27. The Hall–Kier alpha value is -2.93. The summed E-state index contributed by atoms with van der Waals surface area (Å²) in [4.78, 5) is 3.95. The molecule has 0 aliphatic rings. The molecule has 0 spiro atoms. The lowest BCUT2D eigenvalue weighted by atomic mass is 10.1. The van der Waals surface area contributed by atoms with E-state index in [1.165, 1.54) is 0 Å². The van der Waals surface area contributed by atoms with Gasteiger partial charge in [0.1, 0.15) is 0 Å². The van der Waals surface area contributed by atoms with Crippen LogP contribution in [0.5, 0.6) is 0 Å². The predicted molar refractivity (Wildman–Crippen MR) is 89.3 cm³/mol. The second-order valence-corrected chi connectivity index (χ2v) is 5.34. The number of halogens is 3. The second kappa shape index (κ2) is 6.29. The molecule has 2 aromatic heterocycles. The van der Waals surface area contributed by atoms with E-state index in [-0.39, 0.29) is 16.3 Å². The Labute approximate surface area is 141 Å². The van der Waals surface area contributed by atoms with Crippen molar-refractivity contribution in [3.63, 3.8) is 0 Å². The monoisotopic (exact) mass is 347 g/mol. The van der Waals surface area contributed by atoms with Gasteiger partial charge in [0.05, 0.1) is 22.7 Å². The lowest BCUT2D eigenvalue weighted by Gasteiger charge is -2.09. The van der Waals surface area contributed by atoms with Crippen LogP contribution in [0.2, 0.25) is 5.02 Å². The van der Waals surface area contributed by atoms with Gasteiger partial charge in [-0.15, -0.1) is 0 Å². The summed E-state index contributed by atoms with van der Waals surface area (Å²) in [7, 11) is 0. The molecule has 0 aliphatic carbocycles. The Morgan fingerprint density at radius 3 is 2.67 bits per heavy atom. The molecule has 2 heterocycles. The smallest absolute Gasteiger partial charge is 0.160 e. The van der Waals surface area contributed by atoms with Crippen LogP contribution in [0, 0.1) is 11.6 Å². The van der Waals surface area contributed by atoms with Gasteiger partial charge in [-0.2, -0.15) is 5.10 Å². The first-order valence-corrected chi connectivity index (χ1v) is 7.17. The SMILES string of the molecule is C=C(Nc1cc(C(=C)n2ccnc2)[nH]n1)c1cc(F)c(F)cc1Cl. The molecule has 0 saturated heterocycles. The van der Waals surface area contributed by atoms with E-state index >= 15 is 0 Å². The van der Waals surface area contributed by atoms with Crippen molar-refractivity contribution in [2.24, 2.45) is 0 Å². The second-order valence-electron chi connectivity index (χ2n) is 4.93. The number of rotatable bonds is 5. The maximum absolute atomic E-state index is 13.4. The summed E-state index contributed by atoms with van der Waals surface area (Å²) in [6.07, 6.45) is 4.99. The lowest BCUT2D eigenvalue weighted by molar-refractivity contribution is 0.508. The molecule has 3 aromatic rings. The number of benzene rings is 1. The van der Waals surface area contributed by atoms with E-state index in [0.29, 0.717) is 17.2 Å². The number of nitrogens with one attached hydrogen (secondary N) is 2. The number of hydrogen-bond acceptors (Lipinski definition) is 3. The zero-order valence-electron chi connectivity index (χ0n) is 12.4. The van der Waals surface area contributed by atoms with Crippen LogP contribution in [0.4, 0.5) is 14.6 Å². The Morgan fingerprint density at radius 1 is 1.21 bits per heavy atom. The summed E-state index contributed by atoms with van der Waals surface area (Å²) in [5.74, 6) is -1.60. The highest BCUT2D eigenvalue weighted by atomic mass is 35.5. The summed E-state index contributed by atoms with van der Waals surface area (Å²) in [6, 6.07) is 3.57. The number of anilines is 1. The molecule has 0 fully saturated rings. The Kier molecular flexibility index (Phi) is 4.18. The van der Waals surface area contributed by atoms with E-state index in [0.717, 1.165) is 12.1 Å². The molecule has 0 aliphatic heterocycles. The average Bonchev–Trinajstić information content (AvgIpc) is 3.21. The number of H-pyrrole nitrogens is 1. The molecular weight excluding hydrogens is 336 g/mol. The number of imidazole rings is 1. The van der Waals surface area contributed by atoms with E-state index in [1.54, 1.807) is 29.4 Å². The van der Waals surface area contributed by atoms with Crippen LogP contribution in [-0.2, 0) is 0 Å². The van der Waals surface area contributed by atoms with Crippen molar-refractivity contribution in [1.29, 1.82) is 0 Å². The van der Waals surface area contributed by atoms with E-state index in [4.69, 9.17) is 11.6 Å². The molecule has 0 bridgehead atoms. The van der Waals surface area contributed by atoms with Crippen LogP contribution in [0.1, 0.15) is 11.3 Å². The largest absolute Gasteiger partial charge is 0.339 e. The molecule has 0 amide bonds. The summed E-state index contributed by atoms with van der Waals surface area (Å²) >= 11 is 5.93. The molecule has 2 N–H and O–H groups in total. The van der Waals surface area contributed by atoms with Gasteiger partial charge in [-0.25, -0.2) is 13.8 Å². The van der Waals surface area contributed by atoms with Crippen molar-refractivity contribution >= 4 is 28.8 Å². The topological polar surface area (TPSA) is 58.5 Å². The standard InChI is InChI=1S/C16H12ClF2N5/c1-9(11-5-13(18)14(19)6-12(11)17)21-16-7-15(22-23-16)10(2)24-4-3-20-8-24/h3-8H,1-2H2,(H2,21,22,23). The van der Waals surface area contributed by atoms with Gasteiger partial charge in [0.25, 0.3) is 0 Å². The van der Waals surface area contributed by atoms with Crippen LogP contribution in [0.25, 0.3) is 11.4 Å². The summed E-state index contributed by atoms with van der Waals surface area (Å²) < 4.78 is 28.2. The fourth-order valence-electron chi connectivity index (χ4n) is 2.07. The third kappa shape index (κ3) is 3.07.